The molecule has 0 amide bonds. The fourth-order valence-electron chi connectivity index (χ4n) is 3.65. The minimum absolute atomic E-state index is 0.530. The Kier molecular flexibility index (Phi) is 3.89. The minimum atomic E-state index is 0.530. The molecular formula is C14H25NS. The maximum absolute atomic E-state index is 5.65. The highest BCUT2D eigenvalue weighted by Crippen LogP contribution is 2.39. The van der Waals surface area contributed by atoms with Gasteiger partial charge in [-0.1, -0.05) is 39.4 Å². The first kappa shape index (κ1) is 12.3. The second-order valence-electron chi connectivity index (χ2n) is 5.99. The molecule has 0 aromatic heterocycles. The third kappa shape index (κ3) is 2.27. The van der Waals surface area contributed by atoms with Gasteiger partial charge in [-0.25, -0.2) is 0 Å². The summed E-state index contributed by atoms with van der Waals surface area (Å²) in [6.07, 6.45) is 7.06. The van der Waals surface area contributed by atoms with Crippen LogP contribution in [0.3, 0.4) is 0 Å². The van der Waals surface area contributed by atoms with Crippen molar-refractivity contribution >= 4 is 17.2 Å². The lowest BCUT2D eigenvalue weighted by molar-refractivity contribution is 0.0743. The van der Waals surface area contributed by atoms with E-state index >= 15 is 0 Å². The molecule has 0 radical (unpaired) electrons. The Hall–Kier alpha value is -0.110. The van der Waals surface area contributed by atoms with Crippen molar-refractivity contribution in [1.82, 2.24) is 4.90 Å². The molecule has 16 heavy (non-hydrogen) atoms. The number of nitrogens with zero attached hydrogens (tertiary/aromatic N) is 1. The van der Waals surface area contributed by atoms with E-state index in [1.807, 2.05) is 0 Å². The predicted molar refractivity (Wildman–Crippen MR) is 73.7 cm³/mol. The molecule has 1 heterocycles. The van der Waals surface area contributed by atoms with Gasteiger partial charge in [0.25, 0.3) is 0 Å². The quantitative estimate of drug-likeness (QED) is 0.639. The van der Waals surface area contributed by atoms with Gasteiger partial charge in [0.15, 0.2) is 0 Å². The minimum Gasteiger partial charge on any atom is -0.362 e. The molecule has 1 aliphatic heterocycles. The highest BCUT2D eigenvalue weighted by Gasteiger charge is 2.38. The SMILES string of the molecule is CC(C)C(=S)N1CCCC2CCCC(C)C21. The lowest BCUT2D eigenvalue weighted by Crippen LogP contribution is -2.53. The first-order chi connectivity index (χ1) is 7.61. The maximum atomic E-state index is 5.65. The highest BCUT2D eigenvalue weighted by molar-refractivity contribution is 7.80. The van der Waals surface area contributed by atoms with Crippen molar-refractivity contribution in [2.45, 2.75) is 58.9 Å². The molecule has 2 heteroatoms. The Morgan fingerprint density at radius 2 is 1.88 bits per heavy atom. The Balaban J connectivity index is 2.14. The number of likely N-dealkylation sites (tertiary alicyclic amines) is 1. The van der Waals surface area contributed by atoms with E-state index in [1.165, 1.54) is 43.6 Å². The van der Waals surface area contributed by atoms with E-state index in [4.69, 9.17) is 12.2 Å². The molecule has 3 unspecified atom stereocenters. The second-order valence-corrected chi connectivity index (χ2v) is 6.41. The highest BCUT2D eigenvalue weighted by atomic mass is 32.1. The van der Waals surface area contributed by atoms with Crippen LogP contribution in [-0.2, 0) is 0 Å². The van der Waals surface area contributed by atoms with Gasteiger partial charge in [0.05, 0.1) is 4.99 Å². The molecule has 0 aromatic carbocycles. The first-order valence-electron chi connectivity index (χ1n) is 6.91. The maximum Gasteiger partial charge on any atom is 0.0807 e. The molecule has 0 bridgehead atoms. The van der Waals surface area contributed by atoms with Crippen LogP contribution in [-0.4, -0.2) is 22.5 Å². The molecule has 0 aromatic rings. The van der Waals surface area contributed by atoms with E-state index in [9.17, 15) is 0 Å². The zero-order valence-corrected chi connectivity index (χ0v) is 11.7. The average molecular weight is 239 g/mol. The summed E-state index contributed by atoms with van der Waals surface area (Å²) in [4.78, 5) is 3.79. The normalized spacial score (nSPS) is 35.0. The zero-order chi connectivity index (χ0) is 11.7. The van der Waals surface area contributed by atoms with Gasteiger partial charge in [-0.05, 0) is 37.5 Å². The van der Waals surface area contributed by atoms with E-state index in [1.54, 1.807) is 0 Å². The molecule has 1 nitrogen and oxygen atoms in total. The summed E-state index contributed by atoms with van der Waals surface area (Å²) >= 11 is 5.65. The van der Waals surface area contributed by atoms with E-state index in [0.717, 1.165) is 17.9 Å². The third-order valence-electron chi connectivity index (χ3n) is 4.41. The lowest BCUT2D eigenvalue weighted by atomic mass is 9.73. The van der Waals surface area contributed by atoms with Crippen molar-refractivity contribution in [1.29, 1.82) is 0 Å². The lowest BCUT2D eigenvalue weighted by Gasteiger charge is -2.49. The van der Waals surface area contributed by atoms with Crippen LogP contribution in [0.2, 0.25) is 0 Å². The van der Waals surface area contributed by atoms with Crippen LogP contribution in [0.15, 0.2) is 0 Å². The molecule has 92 valence electrons. The Morgan fingerprint density at radius 3 is 2.56 bits per heavy atom. The predicted octanol–water partition coefficient (Wildman–Crippen LogP) is 3.87. The smallest absolute Gasteiger partial charge is 0.0807 e. The summed E-state index contributed by atoms with van der Waals surface area (Å²) < 4.78 is 0. The number of hydrogen-bond donors (Lipinski definition) is 0. The summed E-state index contributed by atoms with van der Waals surface area (Å²) in [6, 6.07) is 0.761. The van der Waals surface area contributed by atoms with Gasteiger partial charge in [-0.15, -0.1) is 0 Å². The van der Waals surface area contributed by atoms with E-state index in [2.05, 4.69) is 25.7 Å². The zero-order valence-electron chi connectivity index (χ0n) is 10.9. The Bertz CT molecular complexity index is 259. The monoisotopic (exact) mass is 239 g/mol. The summed E-state index contributed by atoms with van der Waals surface area (Å²) in [5.41, 5.74) is 0. The number of rotatable bonds is 1. The van der Waals surface area contributed by atoms with E-state index in [-0.39, 0.29) is 0 Å². The van der Waals surface area contributed by atoms with Crippen molar-refractivity contribution in [3.8, 4) is 0 Å². The van der Waals surface area contributed by atoms with Crippen LogP contribution in [0.4, 0.5) is 0 Å². The summed E-state index contributed by atoms with van der Waals surface area (Å²) in [6.45, 7) is 8.11. The van der Waals surface area contributed by atoms with Crippen LogP contribution in [0.25, 0.3) is 0 Å². The molecule has 0 spiro atoms. The summed E-state index contributed by atoms with van der Waals surface area (Å²) in [7, 11) is 0. The average Bonchev–Trinajstić information content (AvgIpc) is 2.27. The topological polar surface area (TPSA) is 3.24 Å². The van der Waals surface area contributed by atoms with E-state index < -0.39 is 0 Å². The molecule has 1 saturated heterocycles. The van der Waals surface area contributed by atoms with Crippen molar-refractivity contribution in [3.05, 3.63) is 0 Å². The van der Waals surface area contributed by atoms with Crippen molar-refractivity contribution in [2.24, 2.45) is 17.8 Å². The number of hydrogen-bond acceptors (Lipinski definition) is 1. The molecule has 2 aliphatic rings. The van der Waals surface area contributed by atoms with Crippen LogP contribution < -0.4 is 0 Å². The largest absolute Gasteiger partial charge is 0.362 e. The van der Waals surface area contributed by atoms with Crippen LogP contribution in [0.1, 0.15) is 52.9 Å². The standard InChI is InChI=1S/C14H25NS/c1-10(2)14(16)15-9-5-8-12-7-4-6-11(3)13(12)15/h10-13H,4-9H2,1-3H3. The number of piperidine rings is 1. The molecule has 3 atom stereocenters. The molecule has 2 fully saturated rings. The van der Waals surface area contributed by atoms with Gasteiger partial charge in [-0.2, -0.15) is 0 Å². The van der Waals surface area contributed by atoms with Crippen LogP contribution in [0, 0.1) is 17.8 Å². The molecule has 1 aliphatic carbocycles. The molecular weight excluding hydrogens is 214 g/mol. The van der Waals surface area contributed by atoms with Gasteiger partial charge in [0, 0.05) is 18.5 Å². The van der Waals surface area contributed by atoms with E-state index in [0.29, 0.717) is 5.92 Å². The Labute approximate surface area is 106 Å². The fraction of sp³-hybridized carbons (Fsp3) is 0.929. The van der Waals surface area contributed by atoms with Crippen LogP contribution in [0.5, 0.6) is 0 Å². The number of fused-ring (bicyclic) bond motifs is 1. The van der Waals surface area contributed by atoms with Gasteiger partial charge < -0.3 is 4.90 Å². The van der Waals surface area contributed by atoms with Crippen molar-refractivity contribution < 1.29 is 0 Å². The molecule has 1 saturated carbocycles. The van der Waals surface area contributed by atoms with Crippen molar-refractivity contribution in [3.63, 3.8) is 0 Å². The summed E-state index contributed by atoms with van der Waals surface area (Å²) in [5, 5.41) is 0. The van der Waals surface area contributed by atoms with Gasteiger partial charge in [0.2, 0.25) is 0 Å². The second kappa shape index (κ2) is 5.03. The fourth-order valence-corrected chi connectivity index (χ4v) is 3.86. The number of thiocarbonyl (C=S) groups is 1. The summed E-state index contributed by atoms with van der Waals surface area (Å²) in [5.74, 6) is 2.30. The molecule has 2 rings (SSSR count). The van der Waals surface area contributed by atoms with Crippen molar-refractivity contribution in [2.75, 3.05) is 6.54 Å². The Morgan fingerprint density at radius 1 is 1.19 bits per heavy atom. The van der Waals surface area contributed by atoms with Crippen LogP contribution >= 0.6 is 12.2 Å². The van der Waals surface area contributed by atoms with Gasteiger partial charge in [-0.3, -0.25) is 0 Å². The van der Waals surface area contributed by atoms with Gasteiger partial charge in [0.1, 0.15) is 0 Å². The molecule has 0 N–H and O–H groups in total. The first-order valence-corrected chi connectivity index (χ1v) is 7.32. The van der Waals surface area contributed by atoms with Gasteiger partial charge >= 0.3 is 0 Å². The third-order valence-corrected chi connectivity index (χ3v) is 5.12.